The maximum atomic E-state index is 12.5. The Morgan fingerprint density at radius 2 is 1.55 bits per heavy atom. The number of carbonyl (C=O) groups excluding carboxylic acids is 2. The minimum absolute atomic E-state index is 0.0271. The lowest BCUT2D eigenvalue weighted by Gasteiger charge is -2.25. The van der Waals surface area contributed by atoms with Crippen LogP contribution >= 0.6 is 0 Å². The largest absolute Gasteiger partial charge is 0.457 e. The van der Waals surface area contributed by atoms with Gasteiger partial charge in [-0.05, 0) is 48.9 Å². The molecule has 0 saturated carbocycles. The molecule has 6 nitrogen and oxygen atoms in total. The Bertz CT molecular complexity index is 1020. The van der Waals surface area contributed by atoms with Gasteiger partial charge < -0.3 is 20.3 Å². The molecule has 6 heteroatoms. The van der Waals surface area contributed by atoms with Crippen LogP contribution in [0, 0.1) is 0 Å². The standard InChI is InChI=1S/C25H25N3O3/c1-18(19-8-4-2-5-9-19)28-17-21(16-24(28)29)27-25(30)26-20-12-14-23(15-13-20)31-22-10-6-3-7-11-22/h2-15,18,21H,16-17H2,1H3,(H2,26,27,30). The molecule has 4 rings (SSSR count). The van der Waals surface area contributed by atoms with Gasteiger partial charge in [0.2, 0.25) is 5.91 Å². The summed E-state index contributed by atoms with van der Waals surface area (Å²) >= 11 is 0. The van der Waals surface area contributed by atoms with Crippen molar-refractivity contribution in [2.75, 3.05) is 11.9 Å². The fourth-order valence-electron chi connectivity index (χ4n) is 3.70. The van der Waals surface area contributed by atoms with Crippen molar-refractivity contribution >= 4 is 17.6 Å². The molecular formula is C25H25N3O3. The van der Waals surface area contributed by atoms with Crippen molar-refractivity contribution in [2.45, 2.75) is 25.4 Å². The van der Waals surface area contributed by atoms with Crippen LogP contribution in [0.5, 0.6) is 11.5 Å². The van der Waals surface area contributed by atoms with Gasteiger partial charge in [0.25, 0.3) is 0 Å². The van der Waals surface area contributed by atoms with E-state index in [1.54, 1.807) is 24.3 Å². The summed E-state index contributed by atoms with van der Waals surface area (Å²) in [6.45, 7) is 2.50. The summed E-state index contributed by atoms with van der Waals surface area (Å²) in [4.78, 5) is 26.7. The first-order valence-electron chi connectivity index (χ1n) is 10.3. The Morgan fingerprint density at radius 3 is 2.23 bits per heavy atom. The van der Waals surface area contributed by atoms with E-state index in [1.807, 2.05) is 72.5 Å². The minimum Gasteiger partial charge on any atom is -0.457 e. The highest BCUT2D eigenvalue weighted by atomic mass is 16.5. The number of hydrogen-bond donors (Lipinski definition) is 2. The lowest BCUT2D eigenvalue weighted by molar-refractivity contribution is -0.129. The number of urea groups is 1. The van der Waals surface area contributed by atoms with Crippen LogP contribution in [0.4, 0.5) is 10.5 Å². The van der Waals surface area contributed by atoms with Crippen LogP contribution < -0.4 is 15.4 Å². The van der Waals surface area contributed by atoms with E-state index in [0.29, 0.717) is 24.4 Å². The Kier molecular flexibility index (Phi) is 6.17. The molecule has 0 aromatic heterocycles. The number of carbonyl (C=O) groups is 2. The molecule has 1 heterocycles. The summed E-state index contributed by atoms with van der Waals surface area (Å²) in [6.07, 6.45) is 0.300. The number of benzene rings is 3. The van der Waals surface area contributed by atoms with Gasteiger partial charge in [-0.3, -0.25) is 4.79 Å². The average Bonchev–Trinajstić information content (AvgIpc) is 3.15. The molecule has 158 valence electrons. The maximum absolute atomic E-state index is 12.5. The van der Waals surface area contributed by atoms with E-state index in [-0.39, 0.29) is 24.0 Å². The van der Waals surface area contributed by atoms with E-state index in [1.165, 1.54) is 0 Å². The van der Waals surface area contributed by atoms with Crippen LogP contribution in [0.25, 0.3) is 0 Å². The molecule has 1 fully saturated rings. The van der Waals surface area contributed by atoms with Crippen LogP contribution in [0.3, 0.4) is 0 Å². The molecule has 3 amide bonds. The number of nitrogens with zero attached hydrogens (tertiary/aromatic N) is 1. The minimum atomic E-state index is -0.330. The number of likely N-dealkylation sites (tertiary alicyclic amines) is 1. The van der Waals surface area contributed by atoms with Crippen molar-refractivity contribution in [3.05, 3.63) is 90.5 Å². The van der Waals surface area contributed by atoms with Crippen LogP contribution in [0.2, 0.25) is 0 Å². The van der Waals surface area contributed by atoms with Crippen molar-refractivity contribution < 1.29 is 14.3 Å². The number of para-hydroxylation sites is 1. The van der Waals surface area contributed by atoms with E-state index >= 15 is 0 Å². The average molecular weight is 415 g/mol. The SMILES string of the molecule is CC(c1ccccc1)N1CC(NC(=O)Nc2ccc(Oc3ccccc3)cc2)CC1=O. The Hall–Kier alpha value is -3.80. The van der Waals surface area contributed by atoms with Crippen LogP contribution in [-0.2, 0) is 4.79 Å². The fourth-order valence-corrected chi connectivity index (χ4v) is 3.70. The van der Waals surface area contributed by atoms with Gasteiger partial charge in [-0.1, -0.05) is 48.5 Å². The molecule has 1 aliphatic rings. The first-order valence-corrected chi connectivity index (χ1v) is 10.3. The van der Waals surface area contributed by atoms with Crippen molar-refractivity contribution in [3.63, 3.8) is 0 Å². The number of nitrogens with one attached hydrogen (secondary N) is 2. The molecule has 2 N–H and O–H groups in total. The highest BCUT2D eigenvalue weighted by molar-refractivity contribution is 5.90. The molecule has 2 unspecified atom stereocenters. The van der Waals surface area contributed by atoms with Gasteiger partial charge >= 0.3 is 6.03 Å². The van der Waals surface area contributed by atoms with E-state index < -0.39 is 0 Å². The van der Waals surface area contributed by atoms with Crippen LogP contribution in [-0.4, -0.2) is 29.4 Å². The molecular weight excluding hydrogens is 390 g/mol. The first-order chi connectivity index (χ1) is 15.1. The zero-order chi connectivity index (χ0) is 21.6. The zero-order valence-corrected chi connectivity index (χ0v) is 17.3. The lowest BCUT2D eigenvalue weighted by Crippen LogP contribution is -2.40. The van der Waals surface area contributed by atoms with Crippen LogP contribution in [0.1, 0.15) is 24.9 Å². The molecule has 1 saturated heterocycles. The maximum Gasteiger partial charge on any atom is 0.319 e. The van der Waals surface area contributed by atoms with Gasteiger partial charge in [-0.15, -0.1) is 0 Å². The van der Waals surface area contributed by atoms with Gasteiger partial charge in [0.15, 0.2) is 0 Å². The summed E-state index contributed by atoms with van der Waals surface area (Å²) in [6, 6.07) is 26.0. The smallest absolute Gasteiger partial charge is 0.319 e. The second-order valence-electron chi connectivity index (χ2n) is 7.57. The van der Waals surface area contributed by atoms with Crippen LogP contribution in [0.15, 0.2) is 84.9 Å². The van der Waals surface area contributed by atoms with Gasteiger partial charge in [-0.25, -0.2) is 4.79 Å². The Balaban J connectivity index is 1.29. The van der Waals surface area contributed by atoms with Gasteiger partial charge in [0, 0.05) is 18.7 Å². The Labute approximate surface area is 181 Å². The molecule has 2 atom stereocenters. The molecule has 0 aliphatic carbocycles. The quantitative estimate of drug-likeness (QED) is 0.598. The number of ether oxygens (including phenoxy) is 1. The topological polar surface area (TPSA) is 70.7 Å². The second kappa shape index (κ2) is 9.34. The number of hydrogen-bond acceptors (Lipinski definition) is 3. The number of amides is 3. The predicted molar refractivity (Wildman–Crippen MR) is 120 cm³/mol. The summed E-state index contributed by atoms with van der Waals surface area (Å²) in [5.74, 6) is 1.48. The molecule has 0 radical (unpaired) electrons. The summed E-state index contributed by atoms with van der Waals surface area (Å²) in [5, 5.41) is 5.72. The zero-order valence-electron chi connectivity index (χ0n) is 17.3. The van der Waals surface area contributed by atoms with Gasteiger partial charge in [-0.2, -0.15) is 0 Å². The van der Waals surface area contributed by atoms with Crippen molar-refractivity contribution in [3.8, 4) is 11.5 Å². The lowest BCUT2D eigenvalue weighted by atomic mass is 10.1. The monoisotopic (exact) mass is 415 g/mol. The summed E-state index contributed by atoms with van der Waals surface area (Å²) in [7, 11) is 0. The normalized spacial score (nSPS) is 16.6. The molecule has 3 aromatic rings. The fraction of sp³-hybridized carbons (Fsp3) is 0.200. The first kappa shape index (κ1) is 20.5. The number of rotatable bonds is 6. The highest BCUT2D eigenvalue weighted by Crippen LogP contribution is 2.26. The van der Waals surface area contributed by atoms with Gasteiger partial charge in [0.05, 0.1) is 12.1 Å². The second-order valence-corrected chi connectivity index (χ2v) is 7.57. The third-order valence-corrected chi connectivity index (χ3v) is 5.33. The Morgan fingerprint density at radius 1 is 0.935 bits per heavy atom. The third kappa shape index (κ3) is 5.22. The summed E-state index contributed by atoms with van der Waals surface area (Å²) < 4.78 is 5.76. The van der Waals surface area contributed by atoms with E-state index in [9.17, 15) is 9.59 Å². The molecule has 0 bridgehead atoms. The van der Waals surface area contributed by atoms with E-state index in [0.717, 1.165) is 11.3 Å². The van der Waals surface area contributed by atoms with E-state index in [2.05, 4.69) is 10.6 Å². The predicted octanol–water partition coefficient (Wildman–Crippen LogP) is 4.96. The summed E-state index contributed by atoms with van der Waals surface area (Å²) in [5.41, 5.74) is 1.73. The molecule has 31 heavy (non-hydrogen) atoms. The van der Waals surface area contributed by atoms with Crippen molar-refractivity contribution in [1.29, 1.82) is 0 Å². The molecule has 0 spiro atoms. The van der Waals surface area contributed by atoms with Gasteiger partial charge in [0.1, 0.15) is 11.5 Å². The highest BCUT2D eigenvalue weighted by Gasteiger charge is 2.33. The van der Waals surface area contributed by atoms with E-state index in [4.69, 9.17) is 4.74 Å². The van der Waals surface area contributed by atoms with Crippen molar-refractivity contribution in [1.82, 2.24) is 10.2 Å². The third-order valence-electron chi connectivity index (χ3n) is 5.33. The van der Waals surface area contributed by atoms with Crippen molar-refractivity contribution in [2.24, 2.45) is 0 Å². The number of anilines is 1. The molecule has 1 aliphatic heterocycles. The molecule has 3 aromatic carbocycles.